The molecule has 0 aliphatic heterocycles. The van der Waals surface area contributed by atoms with Crippen LogP contribution in [0, 0.1) is 6.92 Å². The molecule has 0 atom stereocenters. The van der Waals surface area contributed by atoms with Gasteiger partial charge < -0.3 is 4.52 Å². The Morgan fingerprint density at radius 3 is 2.38 bits per heavy atom. The number of aromatic nitrogens is 3. The number of benzene rings is 2. The van der Waals surface area contributed by atoms with E-state index in [1.807, 2.05) is 60.7 Å². The summed E-state index contributed by atoms with van der Waals surface area (Å²) in [6.45, 7) is 2.18. The average molecular weight is 317 g/mol. The molecule has 5 nitrogen and oxygen atoms in total. The van der Waals surface area contributed by atoms with Gasteiger partial charge in [0, 0.05) is 5.56 Å². The van der Waals surface area contributed by atoms with E-state index in [-0.39, 0.29) is 5.56 Å². The smallest absolute Gasteiger partial charge is 0.280 e. The summed E-state index contributed by atoms with van der Waals surface area (Å²) in [6, 6.07) is 19.5. The lowest BCUT2D eigenvalue weighted by Gasteiger charge is -2.08. The lowest BCUT2D eigenvalue weighted by molar-refractivity contribution is 0.449. The van der Waals surface area contributed by atoms with Gasteiger partial charge in [-0.05, 0) is 12.5 Å². The minimum absolute atomic E-state index is 0.188. The molecule has 24 heavy (non-hydrogen) atoms. The second-order valence-electron chi connectivity index (χ2n) is 5.64. The van der Waals surface area contributed by atoms with Crippen molar-refractivity contribution in [3.8, 4) is 11.3 Å². The van der Waals surface area contributed by atoms with Crippen LogP contribution in [0.15, 0.2) is 70.0 Å². The highest BCUT2D eigenvalue weighted by atomic mass is 16.5. The highest BCUT2D eigenvalue weighted by Gasteiger charge is 2.18. The molecule has 0 amide bonds. The van der Waals surface area contributed by atoms with E-state index in [4.69, 9.17) is 4.52 Å². The lowest BCUT2D eigenvalue weighted by atomic mass is 10.1. The van der Waals surface area contributed by atoms with E-state index in [0.29, 0.717) is 28.9 Å². The van der Waals surface area contributed by atoms with E-state index in [9.17, 15) is 4.79 Å². The lowest BCUT2D eigenvalue weighted by Crippen LogP contribution is -2.24. The summed E-state index contributed by atoms with van der Waals surface area (Å²) in [5.74, 6) is 0. The number of hydrogen-bond donors (Lipinski definition) is 0. The molecule has 4 rings (SSSR count). The van der Waals surface area contributed by atoms with Crippen molar-refractivity contribution in [3.63, 3.8) is 0 Å². The maximum absolute atomic E-state index is 12.8. The molecule has 0 N–H and O–H groups in total. The van der Waals surface area contributed by atoms with Crippen molar-refractivity contribution in [1.29, 1.82) is 0 Å². The van der Waals surface area contributed by atoms with Crippen molar-refractivity contribution in [2.45, 2.75) is 13.5 Å². The molecule has 0 bridgehead atoms. The van der Waals surface area contributed by atoms with Crippen molar-refractivity contribution < 1.29 is 4.52 Å². The summed E-state index contributed by atoms with van der Waals surface area (Å²) in [7, 11) is 0. The van der Waals surface area contributed by atoms with Crippen LogP contribution in [0.3, 0.4) is 0 Å². The quantitative estimate of drug-likeness (QED) is 0.581. The fraction of sp³-hybridized carbons (Fsp3) is 0.105. The van der Waals surface area contributed by atoms with Crippen molar-refractivity contribution in [1.82, 2.24) is 14.9 Å². The first-order valence-electron chi connectivity index (χ1n) is 7.70. The summed E-state index contributed by atoms with van der Waals surface area (Å²) in [6.07, 6.45) is 0. The average Bonchev–Trinajstić information content (AvgIpc) is 3.01. The zero-order valence-electron chi connectivity index (χ0n) is 13.1. The van der Waals surface area contributed by atoms with Crippen molar-refractivity contribution >= 4 is 11.0 Å². The normalized spacial score (nSPS) is 11.0. The molecule has 0 aliphatic carbocycles. The molecule has 0 radical (unpaired) electrons. The monoisotopic (exact) mass is 317 g/mol. The van der Waals surface area contributed by atoms with Crippen LogP contribution in [0.2, 0.25) is 0 Å². The molecular weight excluding hydrogens is 302 g/mol. The first kappa shape index (κ1) is 14.4. The predicted molar refractivity (Wildman–Crippen MR) is 91.8 cm³/mol. The summed E-state index contributed by atoms with van der Waals surface area (Å²) >= 11 is 0. The van der Waals surface area contributed by atoms with Gasteiger partial charge in [0.25, 0.3) is 5.56 Å². The fourth-order valence-electron chi connectivity index (χ4n) is 2.77. The van der Waals surface area contributed by atoms with Gasteiger partial charge in [-0.1, -0.05) is 65.8 Å². The maximum atomic E-state index is 12.8. The number of aryl methyl sites for hydroxylation is 1. The Labute approximate surface area is 138 Å². The summed E-state index contributed by atoms with van der Waals surface area (Å²) < 4.78 is 6.87. The van der Waals surface area contributed by atoms with E-state index in [2.05, 4.69) is 10.3 Å². The van der Waals surface area contributed by atoms with Gasteiger partial charge in [-0.15, -0.1) is 0 Å². The molecule has 2 aromatic heterocycles. The van der Waals surface area contributed by atoms with Gasteiger partial charge in [0.1, 0.15) is 11.1 Å². The van der Waals surface area contributed by atoms with E-state index in [0.717, 1.165) is 11.1 Å². The standard InChI is InChI=1S/C19H15N3O2/c1-13-16-18(24-21-13)17(15-10-6-3-7-11-15)20-22(19(16)23)12-14-8-4-2-5-9-14/h2-11H,12H2,1H3. The highest BCUT2D eigenvalue weighted by molar-refractivity contribution is 5.90. The fourth-order valence-corrected chi connectivity index (χ4v) is 2.77. The van der Waals surface area contributed by atoms with Crippen molar-refractivity contribution in [3.05, 3.63) is 82.3 Å². The molecule has 0 saturated heterocycles. The van der Waals surface area contributed by atoms with Crippen molar-refractivity contribution in [2.75, 3.05) is 0 Å². The summed E-state index contributed by atoms with van der Waals surface area (Å²) in [5, 5.41) is 9.00. The van der Waals surface area contributed by atoms with Crippen LogP contribution in [0.4, 0.5) is 0 Å². The molecule has 0 unspecified atom stereocenters. The Kier molecular flexibility index (Phi) is 3.46. The van der Waals surface area contributed by atoms with E-state index in [1.165, 1.54) is 4.68 Å². The van der Waals surface area contributed by atoms with E-state index in [1.54, 1.807) is 6.92 Å². The van der Waals surface area contributed by atoms with Crippen LogP contribution in [-0.4, -0.2) is 14.9 Å². The van der Waals surface area contributed by atoms with Crippen LogP contribution >= 0.6 is 0 Å². The van der Waals surface area contributed by atoms with Gasteiger partial charge in [-0.25, -0.2) is 4.68 Å². The summed E-state index contributed by atoms with van der Waals surface area (Å²) in [4.78, 5) is 12.8. The number of nitrogens with zero attached hydrogens (tertiary/aromatic N) is 3. The van der Waals surface area contributed by atoms with Gasteiger partial charge in [0.05, 0.1) is 12.2 Å². The minimum atomic E-state index is -0.188. The van der Waals surface area contributed by atoms with Crippen LogP contribution in [0.5, 0.6) is 0 Å². The SMILES string of the molecule is Cc1noc2c(-c3ccccc3)nn(Cc3ccccc3)c(=O)c12. The predicted octanol–water partition coefficient (Wildman–Crippen LogP) is 3.41. The largest absolute Gasteiger partial charge is 0.353 e. The minimum Gasteiger partial charge on any atom is -0.353 e. The van der Waals surface area contributed by atoms with Gasteiger partial charge in [0.2, 0.25) is 5.58 Å². The van der Waals surface area contributed by atoms with Gasteiger partial charge >= 0.3 is 0 Å². The molecule has 2 aromatic carbocycles. The Bertz CT molecular complexity index is 1050. The molecular formula is C19H15N3O2. The molecule has 0 saturated carbocycles. The summed E-state index contributed by atoms with van der Waals surface area (Å²) in [5.41, 5.74) is 3.36. The van der Waals surface area contributed by atoms with Crippen LogP contribution in [0.1, 0.15) is 11.3 Å². The number of fused-ring (bicyclic) bond motifs is 1. The molecule has 0 fully saturated rings. The molecule has 0 spiro atoms. The van der Waals surface area contributed by atoms with Crippen LogP contribution in [-0.2, 0) is 6.54 Å². The first-order chi connectivity index (χ1) is 11.7. The molecule has 2 heterocycles. The molecule has 5 heteroatoms. The third-order valence-corrected chi connectivity index (χ3v) is 3.97. The topological polar surface area (TPSA) is 60.9 Å². The Hall–Kier alpha value is -3.21. The zero-order chi connectivity index (χ0) is 16.5. The zero-order valence-corrected chi connectivity index (χ0v) is 13.1. The van der Waals surface area contributed by atoms with Gasteiger partial charge in [-0.2, -0.15) is 5.10 Å². The molecule has 0 aliphatic rings. The van der Waals surface area contributed by atoms with Gasteiger partial charge in [0.15, 0.2) is 0 Å². The highest BCUT2D eigenvalue weighted by Crippen LogP contribution is 2.26. The third-order valence-electron chi connectivity index (χ3n) is 3.97. The van der Waals surface area contributed by atoms with E-state index >= 15 is 0 Å². The number of rotatable bonds is 3. The van der Waals surface area contributed by atoms with Gasteiger partial charge in [-0.3, -0.25) is 4.79 Å². The Balaban J connectivity index is 1.96. The van der Waals surface area contributed by atoms with E-state index < -0.39 is 0 Å². The van der Waals surface area contributed by atoms with Crippen LogP contribution < -0.4 is 5.56 Å². The van der Waals surface area contributed by atoms with Crippen LogP contribution in [0.25, 0.3) is 22.2 Å². The maximum Gasteiger partial charge on any atom is 0.280 e. The Morgan fingerprint density at radius 2 is 1.67 bits per heavy atom. The molecule has 4 aromatic rings. The molecule has 118 valence electrons. The number of hydrogen-bond acceptors (Lipinski definition) is 4. The van der Waals surface area contributed by atoms with Crippen molar-refractivity contribution in [2.24, 2.45) is 0 Å². The third kappa shape index (κ3) is 2.40. The first-order valence-corrected chi connectivity index (χ1v) is 7.70. The second kappa shape index (κ2) is 5.77. The Morgan fingerprint density at radius 1 is 1.00 bits per heavy atom. The second-order valence-corrected chi connectivity index (χ2v) is 5.64.